The summed E-state index contributed by atoms with van der Waals surface area (Å²) < 4.78 is 8.35. The fourth-order valence-corrected chi connectivity index (χ4v) is 6.63. The maximum atomic E-state index is 11.0. The number of morpholine rings is 1. The minimum absolute atomic E-state index is 0.0460. The zero-order valence-corrected chi connectivity index (χ0v) is 24.7. The maximum Gasteiger partial charge on any atom is 0.208 e. The molecule has 2 atom stereocenters. The molecule has 3 aromatic rings. The van der Waals surface area contributed by atoms with Crippen LogP contribution in [0.1, 0.15) is 83.1 Å². The second-order valence-electron chi connectivity index (χ2n) is 12.9. The van der Waals surface area contributed by atoms with Crippen molar-refractivity contribution in [1.29, 1.82) is 0 Å². The minimum Gasteiger partial charge on any atom is -0.382 e. The van der Waals surface area contributed by atoms with Gasteiger partial charge in [0.25, 0.3) is 0 Å². The van der Waals surface area contributed by atoms with E-state index < -0.39 is 5.60 Å². The van der Waals surface area contributed by atoms with Crippen molar-refractivity contribution in [2.45, 2.75) is 89.9 Å². The average molecular weight is 557 g/mol. The van der Waals surface area contributed by atoms with Crippen molar-refractivity contribution in [2.75, 3.05) is 30.0 Å². The van der Waals surface area contributed by atoms with Gasteiger partial charge >= 0.3 is 0 Å². The predicted molar refractivity (Wildman–Crippen MR) is 163 cm³/mol. The van der Waals surface area contributed by atoms with Crippen molar-refractivity contribution in [3.05, 3.63) is 41.7 Å². The Balaban J connectivity index is 1.48. The molecular weight excluding hydrogens is 512 g/mol. The largest absolute Gasteiger partial charge is 0.382 e. The molecular formula is C33H44N6O2. The molecule has 3 aliphatic rings. The molecule has 0 radical (unpaired) electrons. The Kier molecular flexibility index (Phi) is 7.93. The summed E-state index contributed by atoms with van der Waals surface area (Å²) in [6.07, 6.45) is 13.9. The fraction of sp³-hybridized carbons (Fsp3) is 0.606. The van der Waals surface area contributed by atoms with Gasteiger partial charge in [0.1, 0.15) is 11.1 Å². The molecule has 0 amide bonds. The van der Waals surface area contributed by atoms with Crippen LogP contribution in [0.4, 0.5) is 11.8 Å². The molecule has 1 aromatic carbocycles. The molecule has 2 N–H and O–H groups in total. The standard InChI is InChI=1S/C33H44N6O2/c1-5-23-14-16-24(17-15-23)20-39-28-29(34-22(2)25-12-9-13-25)35-31(33(3,4)40)36-30(28)37-32(39)38-18-19-41-21-27(38)26-10-7-6-8-11-26/h1,6-8,10-11,22-25,27,40H,9,12-21H2,2-4H3,(H,34,35,36)/t22-,23?,24?,27+/m1/s1. The number of anilines is 2. The Morgan fingerprint density at radius 3 is 2.51 bits per heavy atom. The van der Waals surface area contributed by atoms with Crippen molar-refractivity contribution in [2.24, 2.45) is 17.8 Å². The van der Waals surface area contributed by atoms with Gasteiger partial charge in [-0.25, -0.2) is 9.97 Å². The molecule has 3 fully saturated rings. The van der Waals surface area contributed by atoms with Gasteiger partial charge in [-0.3, -0.25) is 0 Å². The second-order valence-corrected chi connectivity index (χ2v) is 12.9. The molecule has 218 valence electrons. The van der Waals surface area contributed by atoms with Crippen molar-refractivity contribution < 1.29 is 9.84 Å². The van der Waals surface area contributed by atoms with Crippen molar-refractivity contribution in [3.8, 4) is 12.3 Å². The quantitative estimate of drug-likeness (QED) is 0.346. The van der Waals surface area contributed by atoms with Crippen molar-refractivity contribution in [1.82, 2.24) is 19.5 Å². The minimum atomic E-state index is -1.19. The molecule has 0 unspecified atom stereocenters. The number of fused-ring (bicyclic) bond motifs is 1. The van der Waals surface area contributed by atoms with Gasteiger partial charge in [0, 0.05) is 25.0 Å². The summed E-state index contributed by atoms with van der Waals surface area (Å²) in [6, 6.07) is 10.9. The number of aromatic nitrogens is 4. The van der Waals surface area contributed by atoms with Crippen LogP contribution in [0.5, 0.6) is 0 Å². The predicted octanol–water partition coefficient (Wildman–Crippen LogP) is 5.67. The second kappa shape index (κ2) is 11.6. The smallest absolute Gasteiger partial charge is 0.208 e. The Morgan fingerprint density at radius 2 is 1.85 bits per heavy atom. The molecule has 2 aromatic heterocycles. The van der Waals surface area contributed by atoms with Crippen LogP contribution < -0.4 is 10.2 Å². The van der Waals surface area contributed by atoms with Crippen LogP contribution >= 0.6 is 0 Å². The van der Waals surface area contributed by atoms with Gasteiger partial charge in [-0.15, -0.1) is 12.3 Å². The first-order valence-electron chi connectivity index (χ1n) is 15.4. The van der Waals surface area contributed by atoms with Crippen LogP contribution in [-0.4, -0.2) is 50.4 Å². The van der Waals surface area contributed by atoms with Crippen LogP contribution in [0.15, 0.2) is 30.3 Å². The monoisotopic (exact) mass is 556 g/mol. The maximum absolute atomic E-state index is 11.0. The van der Waals surface area contributed by atoms with Gasteiger partial charge < -0.3 is 24.6 Å². The number of terminal acetylenes is 1. The van der Waals surface area contributed by atoms with Gasteiger partial charge in [-0.1, -0.05) is 36.8 Å². The van der Waals surface area contributed by atoms with E-state index in [1.165, 1.54) is 24.8 Å². The van der Waals surface area contributed by atoms with E-state index in [4.69, 9.17) is 26.1 Å². The van der Waals surface area contributed by atoms with Gasteiger partial charge in [0.15, 0.2) is 17.3 Å². The number of ether oxygens (including phenoxy) is 1. The Morgan fingerprint density at radius 1 is 1.10 bits per heavy atom. The van der Waals surface area contributed by atoms with E-state index in [-0.39, 0.29) is 12.1 Å². The molecule has 8 heteroatoms. The number of hydrogen-bond acceptors (Lipinski definition) is 7. The lowest BCUT2D eigenvalue weighted by Gasteiger charge is -2.37. The first-order valence-corrected chi connectivity index (χ1v) is 15.4. The lowest BCUT2D eigenvalue weighted by Crippen LogP contribution is -2.41. The van der Waals surface area contributed by atoms with E-state index >= 15 is 0 Å². The van der Waals surface area contributed by atoms with E-state index in [9.17, 15) is 5.11 Å². The van der Waals surface area contributed by atoms with E-state index in [0.29, 0.717) is 42.4 Å². The zero-order valence-electron chi connectivity index (χ0n) is 24.7. The summed E-state index contributed by atoms with van der Waals surface area (Å²) in [4.78, 5) is 17.4. The number of aliphatic hydroxyl groups is 1. The molecule has 2 aliphatic carbocycles. The summed E-state index contributed by atoms with van der Waals surface area (Å²) in [7, 11) is 0. The van der Waals surface area contributed by atoms with E-state index in [0.717, 1.165) is 56.1 Å². The van der Waals surface area contributed by atoms with Crippen LogP contribution in [-0.2, 0) is 16.9 Å². The highest BCUT2D eigenvalue weighted by Crippen LogP contribution is 2.38. The summed E-state index contributed by atoms with van der Waals surface area (Å²) >= 11 is 0. The molecule has 3 heterocycles. The van der Waals surface area contributed by atoms with E-state index in [2.05, 4.69) is 51.9 Å². The lowest BCUT2D eigenvalue weighted by molar-refractivity contribution is 0.0692. The summed E-state index contributed by atoms with van der Waals surface area (Å²) in [6.45, 7) is 8.54. The van der Waals surface area contributed by atoms with Crippen LogP contribution in [0.3, 0.4) is 0 Å². The Labute approximate surface area is 243 Å². The van der Waals surface area contributed by atoms with Gasteiger partial charge in [0.2, 0.25) is 5.95 Å². The number of benzene rings is 1. The molecule has 41 heavy (non-hydrogen) atoms. The molecule has 1 saturated heterocycles. The highest BCUT2D eigenvalue weighted by atomic mass is 16.5. The van der Waals surface area contributed by atoms with Gasteiger partial charge in [-0.05, 0) is 76.7 Å². The molecule has 6 rings (SSSR count). The number of nitrogens with zero attached hydrogens (tertiary/aromatic N) is 5. The van der Waals surface area contributed by atoms with Crippen LogP contribution in [0.25, 0.3) is 11.2 Å². The summed E-state index contributed by atoms with van der Waals surface area (Å²) in [5.74, 6) is 6.54. The van der Waals surface area contributed by atoms with Crippen molar-refractivity contribution in [3.63, 3.8) is 0 Å². The number of hydrogen-bond donors (Lipinski definition) is 2. The third-order valence-electron chi connectivity index (χ3n) is 9.44. The summed E-state index contributed by atoms with van der Waals surface area (Å²) in [5, 5.41) is 14.7. The molecule has 2 saturated carbocycles. The Hall–Kier alpha value is -3.15. The topological polar surface area (TPSA) is 88.3 Å². The number of rotatable bonds is 8. The third-order valence-corrected chi connectivity index (χ3v) is 9.44. The van der Waals surface area contributed by atoms with E-state index in [1.54, 1.807) is 13.8 Å². The van der Waals surface area contributed by atoms with Crippen LogP contribution in [0.2, 0.25) is 0 Å². The van der Waals surface area contributed by atoms with Crippen molar-refractivity contribution >= 4 is 22.9 Å². The molecule has 1 aliphatic heterocycles. The van der Waals surface area contributed by atoms with Gasteiger partial charge in [0.05, 0.1) is 19.3 Å². The molecule has 0 spiro atoms. The first kappa shape index (κ1) is 28.0. The SMILES string of the molecule is C#CC1CCC(Cn2c(N3CCOC[C@H]3c3ccccc3)nc3nc(C(C)(C)O)nc(N[C@H](C)C4CCC4)c32)CC1. The first-order chi connectivity index (χ1) is 19.8. The number of nitrogens with one attached hydrogen (secondary N) is 1. The average Bonchev–Trinajstić information content (AvgIpc) is 3.31. The lowest BCUT2D eigenvalue weighted by atomic mass is 9.80. The third kappa shape index (κ3) is 5.80. The molecule has 8 nitrogen and oxygen atoms in total. The number of imidazole rings is 1. The fourth-order valence-electron chi connectivity index (χ4n) is 6.63. The van der Waals surface area contributed by atoms with Gasteiger partial charge in [-0.2, -0.15) is 4.98 Å². The highest BCUT2D eigenvalue weighted by Gasteiger charge is 2.34. The highest BCUT2D eigenvalue weighted by molar-refractivity contribution is 5.86. The molecule has 0 bridgehead atoms. The normalized spacial score (nSPS) is 24.6. The van der Waals surface area contributed by atoms with Crippen LogP contribution in [0, 0.1) is 30.1 Å². The Bertz CT molecular complexity index is 1380. The van der Waals surface area contributed by atoms with E-state index in [1.807, 2.05) is 6.07 Å². The zero-order chi connectivity index (χ0) is 28.6. The summed E-state index contributed by atoms with van der Waals surface area (Å²) in [5.41, 5.74) is 1.58.